The molecule has 1 fully saturated rings. The zero-order chi connectivity index (χ0) is 18.8. The molecule has 0 aliphatic carbocycles. The van der Waals surface area contributed by atoms with Gasteiger partial charge in [-0.3, -0.25) is 14.6 Å². The molecular weight excluding hydrogens is 347 g/mol. The van der Waals surface area contributed by atoms with Gasteiger partial charge in [-0.05, 0) is 48.7 Å². The highest BCUT2D eigenvalue weighted by molar-refractivity contribution is 5.92. The average Bonchev–Trinajstić information content (AvgIpc) is 3.32. The maximum Gasteiger partial charge on any atom is 0.269 e. The zero-order valence-electron chi connectivity index (χ0n) is 15.0. The fourth-order valence-electron chi connectivity index (χ4n) is 3.41. The lowest BCUT2D eigenvalue weighted by Gasteiger charge is -2.33. The number of hydrogen-bond donors (Lipinski definition) is 2. The lowest BCUT2D eigenvalue weighted by Crippen LogP contribution is -2.48. The number of hydrogen-bond acceptors (Lipinski definition) is 4. The predicted octanol–water partition coefficient (Wildman–Crippen LogP) is 2.35. The van der Waals surface area contributed by atoms with Crippen LogP contribution in [0.1, 0.15) is 23.3 Å². The van der Waals surface area contributed by atoms with Gasteiger partial charge in [-0.25, -0.2) is 4.39 Å². The maximum atomic E-state index is 13.1. The van der Waals surface area contributed by atoms with Crippen LogP contribution in [0.5, 0.6) is 0 Å². The van der Waals surface area contributed by atoms with Crippen molar-refractivity contribution < 1.29 is 9.18 Å². The van der Waals surface area contributed by atoms with Crippen molar-refractivity contribution >= 4 is 11.7 Å². The second-order valence-electron chi connectivity index (χ2n) is 6.75. The molecule has 1 saturated heterocycles. The maximum absolute atomic E-state index is 13.1. The van der Waals surface area contributed by atoms with E-state index in [1.165, 1.54) is 12.1 Å². The second-order valence-corrected chi connectivity index (χ2v) is 6.75. The third-order valence-electron chi connectivity index (χ3n) is 4.85. The number of piperidine rings is 1. The first-order valence-electron chi connectivity index (χ1n) is 8.95. The van der Waals surface area contributed by atoms with Crippen molar-refractivity contribution in [3.8, 4) is 11.3 Å². The van der Waals surface area contributed by atoms with Crippen molar-refractivity contribution in [2.45, 2.75) is 18.9 Å². The highest BCUT2D eigenvalue weighted by Crippen LogP contribution is 2.24. The van der Waals surface area contributed by atoms with Gasteiger partial charge in [0.25, 0.3) is 5.91 Å². The Morgan fingerprint density at radius 2 is 2.11 bits per heavy atom. The minimum Gasteiger partial charge on any atom is -0.353 e. The number of H-pyrrole nitrogens is 1. The Bertz CT molecular complexity index is 932. The van der Waals surface area contributed by atoms with Crippen LogP contribution in [0.2, 0.25) is 0 Å². The average molecular weight is 368 g/mol. The number of carbonyl (C=O) groups is 1. The van der Waals surface area contributed by atoms with E-state index in [0.717, 1.165) is 36.5 Å². The van der Waals surface area contributed by atoms with Gasteiger partial charge in [0.1, 0.15) is 11.5 Å². The normalized spacial score (nSPS) is 17.1. The third kappa shape index (κ3) is 3.69. The molecule has 4 rings (SSSR count). The molecule has 2 aromatic heterocycles. The number of carbonyl (C=O) groups excluding carboxylic acids is 1. The second kappa shape index (κ2) is 7.22. The minimum absolute atomic E-state index is 0.0483. The standard InChI is InChI=1S/C19H21FN6O/c1-25-17(8-9-21-25)19(27)22-15-3-2-10-26(12-15)18-11-16(23-24-18)13-4-6-14(20)7-5-13/h4-9,11,15H,2-3,10,12H2,1H3,(H,22,27)(H,23,24)/t15-/m0/s1. The molecule has 1 aliphatic heterocycles. The Morgan fingerprint density at radius 1 is 1.30 bits per heavy atom. The molecule has 1 atom stereocenters. The first kappa shape index (κ1) is 17.3. The monoisotopic (exact) mass is 368 g/mol. The number of aromatic nitrogens is 4. The largest absolute Gasteiger partial charge is 0.353 e. The van der Waals surface area contributed by atoms with Crippen molar-refractivity contribution in [1.82, 2.24) is 25.3 Å². The molecule has 0 bridgehead atoms. The Hall–Kier alpha value is -3.16. The summed E-state index contributed by atoms with van der Waals surface area (Å²) in [4.78, 5) is 14.6. The fourth-order valence-corrected chi connectivity index (χ4v) is 3.41. The van der Waals surface area contributed by atoms with Gasteiger partial charge in [0.2, 0.25) is 0 Å². The first-order valence-corrected chi connectivity index (χ1v) is 8.95. The van der Waals surface area contributed by atoms with Gasteiger partial charge >= 0.3 is 0 Å². The predicted molar refractivity (Wildman–Crippen MR) is 99.9 cm³/mol. The quantitative estimate of drug-likeness (QED) is 0.741. The van der Waals surface area contributed by atoms with Gasteiger partial charge < -0.3 is 10.2 Å². The third-order valence-corrected chi connectivity index (χ3v) is 4.85. The van der Waals surface area contributed by atoms with Gasteiger partial charge in [-0.15, -0.1) is 0 Å². The van der Waals surface area contributed by atoms with Crippen LogP contribution in [0.15, 0.2) is 42.6 Å². The minimum atomic E-state index is -0.262. The van der Waals surface area contributed by atoms with E-state index in [1.807, 2.05) is 6.07 Å². The number of amides is 1. The van der Waals surface area contributed by atoms with Crippen LogP contribution in [0.4, 0.5) is 10.2 Å². The van der Waals surface area contributed by atoms with E-state index in [9.17, 15) is 9.18 Å². The van der Waals surface area contributed by atoms with Crippen molar-refractivity contribution in [2.24, 2.45) is 7.05 Å². The van der Waals surface area contributed by atoms with E-state index in [-0.39, 0.29) is 17.8 Å². The molecule has 8 heteroatoms. The van der Waals surface area contributed by atoms with Crippen LogP contribution in [0.3, 0.4) is 0 Å². The Labute approximate surface area is 156 Å². The molecule has 1 amide bonds. The van der Waals surface area contributed by atoms with Gasteiger partial charge in [-0.2, -0.15) is 10.2 Å². The van der Waals surface area contributed by atoms with E-state index >= 15 is 0 Å². The van der Waals surface area contributed by atoms with Crippen LogP contribution in [-0.4, -0.2) is 45.0 Å². The smallest absolute Gasteiger partial charge is 0.269 e. The molecular formula is C19H21FN6O. The number of aryl methyl sites for hydroxylation is 1. The van der Waals surface area contributed by atoms with Gasteiger partial charge in [0.15, 0.2) is 5.82 Å². The van der Waals surface area contributed by atoms with E-state index in [1.54, 1.807) is 36.1 Å². The lowest BCUT2D eigenvalue weighted by molar-refractivity contribution is 0.0923. The molecule has 0 unspecified atom stereocenters. The molecule has 0 saturated carbocycles. The van der Waals surface area contributed by atoms with Crippen molar-refractivity contribution in [2.75, 3.05) is 18.0 Å². The number of benzene rings is 1. The van der Waals surface area contributed by atoms with E-state index in [2.05, 4.69) is 25.5 Å². The summed E-state index contributed by atoms with van der Waals surface area (Å²) < 4.78 is 14.7. The first-order chi connectivity index (χ1) is 13.1. The topological polar surface area (TPSA) is 78.8 Å². The van der Waals surface area contributed by atoms with Gasteiger partial charge in [0.05, 0.1) is 5.69 Å². The van der Waals surface area contributed by atoms with E-state index in [4.69, 9.17) is 0 Å². The summed E-state index contributed by atoms with van der Waals surface area (Å²) in [5, 5.41) is 14.5. The molecule has 1 aliphatic rings. The molecule has 0 radical (unpaired) electrons. The summed E-state index contributed by atoms with van der Waals surface area (Å²) in [6, 6.07) is 10.0. The van der Waals surface area contributed by atoms with Gasteiger partial charge in [0, 0.05) is 38.4 Å². The molecule has 3 aromatic rings. The highest BCUT2D eigenvalue weighted by Gasteiger charge is 2.24. The Morgan fingerprint density at radius 3 is 2.85 bits per heavy atom. The Kier molecular flexibility index (Phi) is 4.62. The molecule has 2 N–H and O–H groups in total. The van der Waals surface area contributed by atoms with Gasteiger partial charge in [-0.1, -0.05) is 0 Å². The molecule has 0 spiro atoms. The number of anilines is 1. The highest BCUT2D eigenvalue weighted by atomic mass is 19.1. The molecule has 140 valence electrons. The summed E-state index contributed by atoms with van der Waals surface area (Å²) in [5.74, 6) is 0.450. The SMILES string of the molecule is Cn1nccc1C(=O)N[C@H]1CCCN(c2cc(-c3ccc(F)cc3)[nH]n2)C1. The fraction of sp³-hybridized carbons (Fsp3) is 0.316. The zero-order valence-corrected chi connectivity index (χ0v) is 15.0. The van der Waals surface area contributed by atoms with E-state index < -0.39 is 0 Å². The molecule has 3 heterocycles. The summed E-state index contributed by atoms with van der Waals surface area (Å²) in [6.45, 7) is 1.57. The van der Waals surface area contributed by atoms with Crippen LogP contribution < -0.4 is 10.2 Å². The molecule has 1 aromatic carbocycles. The van der Waals surface area contributed by atoms with Crippen molar-refractivity contribution in [1.29, 1.82) is 0 Å². The number of nitrogens with zero attached hydrogens (tertiary/aromatic N) is 4. The van der Waals surface area contributed by atoms with Crippen LogP contribution >= 0.6 is 0 Å². The number of nitrogens with one attached hydrogen (secondary N) is 2. The summed E-state index contributed by atoms with van der Waals surface area (Å²) in [5.41, 5.74) is 2.27. The van der Waals surface area contributed by atoms with Crippen LogP contribution in [-0.2, 0) is 7.05 Å². The number of halogens is 1. The summed E-state index contributed by atoms with van der Waals surface area (Å²) in [7, 11) is 1.75. The summed E-state index contributed by atoms with van der Waals surface area (Å²) in [6.07, 6.45) is 3.51. The van der Waals surface area contributed by atoms with Crippen LogP contribution in [0, 0.1) is 5.82 Å². The summed E-state index contributed by atoms with van der Waals surface area (Å²) >= 11 is 0. The Balaban J connectivity index is 1.43. The molecule has 27 heavy (non-hydrogen) atoms. The van der Waals surface area contributed by atoms with Crippen molar-refractivity contribution in [3.05, 3.63) is 54.1 Å². The number of rotatable bonds is 4. The lowest BCUT2D eigenvalue weighted by atomic mass is 10.1. The molecule has 7 nitrogen and oxygen atoms in total. The van der Waals surface area contributed by atoms with Crippen LogP contribution in [0.25, 0.3) is 11.3 Å². The van der Waals surface area contributed by atoms with E-state index in [0.29, 0.717) is 12.2 Å². The van der Waals surface area contributed by atoms with Crippen molar-refractivity contribution in [3.63, 3.8) is 0 Å². The number of aromatic amines is 1.